The lowest BCUT2D eigenvalue weighted by Crippen LogP contribution is -2.00. The highest BCUT2D eigenvalue weighted by atomic mass is 16.3. The van der Waals surface area contributed by atoms with Crippen LogP contribution in [0.4, 0.5) is 0 Å². The Bertz CT molecular complexity index is 3260. The van der Waals surface area contributed by atoms with E-state index in [-0.39, 0.29) is 0 Å². The summed E-state index contributed by atoms with van der Waals surface area (Å²) in [6.07, 6.45) is 0. The van der Waals surface area contributed by atoms with Gasteiger partial charge >= 0.3 is 0 Å². The molecule has 0 saturated carbocycles. The molecule has 11 rings (SSSR count). The minimum atomic E-state index is 0.635. The second-order valence-corrected chi connectivity index (χ2v) is 14.0. The predicted molar refractivity (Wildman–Crippen MR) is 227 cm³/mol. The maximum atomic E-state index is 6.37. The van der Waals surface area contributed by atoms with Crippen LogP contribution in [0.15, 0.2) is 192 Å². The van der Waals surface area contributed by atoms with Crippen LogP contribution < -0.4 is 0 Å². The lowest BCUT2D eigenvalue weighted by Gasteiger charge is -2.13. The average Bonchev–Trinajstić information content (AvgIpc) is 3.64. The van der Waals surface area contributed by atoms with Crippen molar-refractivity contribution in [2.24, 2.45) is 0 Å². The maximum Gasteiger partial charge on any atom is 0.164 e. The smallest absolute Gasteiger partial charge is 0.164 e. The predicted octanol–water partition coefficient (Wildman–Crippen LogP) is 13.6. The number of fused-ring (bicyclic) bond motifs is 7. The summed E-state index contributed by atoms with van der Waals surface area (Å²) in [6, 6.07) is 65.8. The van der Waals surface area contributed by atoms with E-state index in [0.717, 1.165) is 71.3 Å². The van der Waals surface area contributed by atoms with Gasteiger partial charge in [-0.15, -0.1) is 0 Å². The molecule has 0 saturated heterocycles. The lowest BCUT2D eigenvalue weighted by molar-refractivity contribution is 0.669. The van der Waals surface area contributed by atoms with Crippen molar-refractivity contribution in [1.82, 2.24) is 15.0 Å². The van der Waals surface area contributed by atoms with E-state index in [4.69, 9.17) is 19.4 Å². The van der Waals surface area contributed by atoms with Crippen LogP contribution >= 0.6 is 0 Å². The summed E-state index contributed by atoms with van der Waals surface area (Å²) in [7, 11) is 0. The van der Waals surface area contributed by atoms with Gasteiger partial charge in [-0.25, -0.2) is 15.0 Å². The Morgan fingerprint density at radius 2 is 0.909 bits per heavy atom. The van der Waals surface area contributed by atoms with Crippen LogP contribution in [0.1, 0.15) is 0 Å². The van der Waals surface area contributed by atoms with Crippen molar-refractivity contribution in [3.8, 4) is 56.4 Å². The van der Waals surface area contributed by atoms with Crippen LogP contribution in [0.5, 0.6) is 0 Å². The molecule has 0 unspecified atom stereocenters. The molecule has 0 atom stereocenters. The molecule has 2 heterocycles. The molecule has 256 valence electrons. The van der Waals surface area contributed by atoms with Gasteiger partial charge < -0.3 is 4.42 Å². The molecule has 0 amide bonds. The van der Waals surface area contributed by atoms with Gasteiger partial charge in [0.15, 0.2) is 17.5 Å². The fourth-order valence-corrected chi connectivity index (χ4v) is 8.01. The van der Waals surface area contributed by atoms with Crippen LogP contribution in [0.3, 0.4) is 0 Å². The van der Waals surface area contributed by atoms with E-state index in [9.17, 15) is 0 Å². The van der Waals surface area contributed by atoms with Gasteiger partial charge in [0, 0.05) is 27.5 Å². The van der Waals surface area contributed by atoms with E-state index in [1.807, 2.05) is 24.3 Å². The zero-order valence-corrected chi connectivity index (χ0v) is 29.6. The largest absolute Gasteiger partial charge is 0.456 e. The molecule has 9 aromatic carbocycles. The zero-order valence-electron chi connectivity index (χ0n) is 29.6. The monoisotopic (exact) mass is 701 g/mol. The number of nitrogens with zero attached hydrogens (tertiary/aromatic N) is 3. The van der Waals surface area contributed by atoms with Crippen molar-refractivity contribution < 1.29 is 4.42 Å². The molecule has 0 N–H and O–H groups in total. The highest BCUT2D eigenvalue weighted by molar-refractivity contribution is 6.14. The molecule has 4 nitrogen and oxygen atoms in total. The summed E-state index contributed by atoms with van der Waals surface area (Å²) < 4.78 is 6.37. The average molecular weight is 702 g/mol. The van der Waals surface area contributed by atoms with E-state index in [0.29, 0.717) is 17.5 Å². The third-order valence-electron chi connectivity index (χ3n) is 10.7. The van der Waals surface area contributed by atoms with Crippen LogP contribution in [0.25, 0.3) is 111 Å². The molecule has 0 radical (unpaired) electrons. The van der Waals surface area contributed by atoms with Crippen molar-refractivity contribution in [2.45, 2.75) is 0 Å². The topological polar surface area (TPSA) is 51.8 Å². The zero-order chi connectivity index (χ0) is 36.3. The van der Waals surface area contributed by atoms with Crippen molar-refractivity contribution in [1.29, 1.82) is 0 Å². The Kier molecular flexibility index (Phi) is 7.14. The SMILES string of the molecule is c1ccc(-c2ccc3oc4cccc(-c5ccc6cc(-c7nc(-c8ccccc8)nc(-c8cc9ccccc9c9ccccc89)n7)ccc6c5)c4c3c2)cc1. The molecule has 0 aliphatic rings. The Balaban J connectivity index is 1.04. The van der Waals surface area contributed by atoms with Crippen molar-refractivity contribution in [3.63, 3.8) is 0 Å². The van der Waals surface area contributed by atoms with Gasteiger partial charge in [0.1, 0.15) is 11.2 Å². The first kappa shape index (κ1) is 31.1. The van der Waals surface area contributed by atoms with E-state index in [1.165, 1.54) is 21.9 Å². The lowest BCUT2D eigenvalue weighted by atomic mass is 9.95. The minimum Gasteiger partial charge on any atom is -0.456 e. The summed E-state index contributed by atoms with van der Waals surface area (Å²) >= 11 is 0. The van der Waals surface area contributed by atoms with Gasteiger partial charge in [-0.1, -0.05) is 152 Å². The molecule has 0 fully saturated rings. The van der Waals surface area contributed by atoms with Gasteiger partial charge in [0.25, 0.3) is 0 Å². The molecule has 0 aliphatic carbocycles. The van der Waals surface area contributed by atoms with Crippen molar-refractivity contribution in [2.75, 3.05) is 0 Å². The number of hydrogen-bond donors (Lipinski definition) is 0. The molecular formula is C51H31N3O. The molecule has 55 heavy (non-hydrogen) atoms. The second kappa shape index (κ2) is 12.6. The molecule has 11 aromatic rings. The number of furan rings is 1. The van der Waals surface area contributed by atoms with Crippen molar-refractivity contribution in [3.05, 3.63) is 188 Å². The van der Waals surface area contributed by atoms with Crippen LogP contribution in [0, 0.1) is 0 Å². The van der Waals surface area contributed by atoms with Gasteiger partial charge in [-0.2, -0.15) is 0 Å². The Morgan fingerprint density at radius 3 is 1.71 bits per heavy atom. The fraction of sp³-hybridized carbons (Fsp3) is 0. The standard InChI is InChI=1S/C51H31N3O/c1-3-12-32(13-4-1)36-26-27-46-45(30-36)48-41(20-11-21-47(48)55-46)38-24-22-35-29-39(25-23-34(35)28-38)50-52-49(33-14-5-2-6-15-33)53-51(54-50)44-31-37-16-7-8-17-40(37)42-18-9-10-19-43(42)44/h1-31H. The summed E-state index contributed by atoms with van der Waals surface area (Å²) in [5.74, 6) is 1.93. The van der Waals surface area contributed by atoms with Gasteiger partial charge in [-0.3, -0.25) is 0 Å². The minimum absolute atomic E-state index is 0.635. The highest BCUT2D eigenvalue weighted by Crippen LogP contribution is 2.40. The Labute approximate surface area is 317 Å². The second-order valence-electron chi connectivity index (χ2n) is 14.0. The molecule has 0 aliphatic heterocycles. The molecule has 4 heteroatoms. The van der Waals surface area contributed by atoms with Crippen molar-refractivity contribution >= 4 is 54.3 Å². The molecule has 0 bridgehead atoms. The first-order valence-corrected chi connectivity index (χ1v) is 18.5. The van der Waals surface area contributed by atoms with E-state index >= 15 is 0 Å². The third-order valence-corrected chi connectivity index (χ3v) is 10.7. The molecule has 0 spiro atoms. The van der Waals surface area contributed by atoms with Crippen LogP contribution in [0.2, 0.25) is 0 Å². The Hall–Kier alpha value is -7.43. The summed E-state index contributed by atoms with van der Waals surface area (Å²) in [5.41, 5.74) is 9.26. The summed E-state index contributed by atoms with van der Waals surface area (Å²) in [6.45, 7) is 0. The first-order chi connectivity index (χ1) is 27.2. The number of aromatic nitrogens is 3. The number of benzene rings is 9. The first-order valence-electron chi connectivity index (χ1n) is 18.5. The van der Waals surface area contributed by atoms with E-state index < -0.39 is 0 Å². The third kappa shape index (κ3) is 5.34. The van der Waals surface area contributed by atoms with Gasteiger partial charge in [0.05, 0.1) is 0 Å². The number of hydrogen-bond acceptors (Lipinski definition) is 4. The summed E-state index contributed by atoms with van der Waals surface area (Å²) in [5, 5.41) is 9.13. The number of rotatable bonds is 5. The summed E-state index contributed by atoms with van der Waals surface area (Å²) in [4.78, 5) is 15.3. The normalized spacial score (nSPS) is 11.6. The maximum absolute atomic E-state index is 6.37. The van der Waals surface area contributed by atoms with Gasteiger partial charge in [-0.05, 0) is 91.0 Å². The molecular weight excluding hydrogens is 671 g/mol. The fourth-order valence-electron chi connectivity index (χ4n) is 8.01. The Morgan fingerprint density at radius 1 is 0.291 bits per heavy atom. The highest BCUT2D eigenvalue weighted by Gasteiger charge is 2.17. The molecule has 2 aromatic heterocycles. The van der Waals surface area contributed by atoms with Crippen LogP contribution in [-0.4, -0.2) is 15.0 Å². The van der Waals surface area contributed by atoms with Crippen LogP contribution in [-0.2, 0) is 0 Å². The quantitative estimate of drug-likeness (QED) is 0.168. The van der Waals surface area contributed by atoms with E-state index in [2.05, 4.69) is 164 Å². The van der Waals surface area contributed by atoms with E-state index in [1.54, 1.807) is 0 Å². The van der Waals surface area contributed by atoms with Gasteiger partial charge in [0.2, 0.25) is 0 Å².